The summed E-state index contributed by atoms with van der Waals surface area (Å²) in [5.41, 5.74) is 1.44. The van der Waals surface area contributed by atoms with Gasteiger partial charge in [-0.1, -0.05) is 56.3 Å². The summed E-state index contributed by atoms with van der Waals surface area (Å²) in [4.78, 5) is 12.5. The molecule has 4 nitrogen and oxygen atoms in total. The van der Waals surface area contributed by atoms with Crippen molar-refractivity contribution < 1.29 is 14.6 Å². The Morgan fingerprint density at radius 2 is 2.00 bits per heavy atom. The molecular weight excluding hydrogens is 362 g/mol. The molecule has 1 aliphatic heterocycles. The highest BCUT2D eigenvalue weighted by Crippen LogP contribution is 2.70. The molecule has 5 rings (SSSR count). The van der Waals surface area contributed by atoms with Gasteiger partial charge in [-0.05, 0) is 58.3 Å². The van der Waals surface area contributed by atoms with E-state index in [2.05, 4.69) is 61.6 Å². The second-order valence-corrected chi connectivity index (χ2v) is 9.88. The highest BCUT2D eigenvalue weighted by atomic mass is 16.5. The van der Waals surface area contributed by atoms with E-state index >= 15 is 0 Å². The Morgan fingerprint density at radius 3 is 2.83 bits per heavy atom. The molecule has 5 atom stereocenters. The van der Waals surface area contributed by atoms with E-state index in [1.165, 1.54) is 22.8 Å². The fraction of sp³-hybridized carbons (Fsp3) is 0.560. The number of hydrogen-bond acceptors (Lipinski definition) is 3. The van der Waals surface area contributed by atoms with Crippen LogP contribution in [-0.2, 0) is 9.53 Å². The lowest BCUT2D eigenvalue weighted by Crippen LogP contribution is -2.59. The predicted molar refractivity (Wildman–Crippen MR) is 113 cm³/mol. The first-order valence-corrected chi connectivity index (χ1v) is 11.0. The average Bonchev–Trinajstić information content (AvgIpc) is 3.20. The van der Waals surface area contributed by atoms with Crippen molar-refractivity contribution in [2.45, 2.75) is 51.7 Å². The minimum atomic E-state index is -0.0966. The van der Waals surface area contributed by atoms with Crippen LogP contribution in [0.5, 0.6) is 0 Å². The summed E-state index contributed by atoms with van der Waals surface area (Å²) in [6.45, 7) is 5.27. The highest BCUT2D eigenvalue weighted by molar-refractivity contribution is 5.86. The molecule has 2 N–H and O–H groups in total. The number of fused-ring (bicyclic) bond motifs is 2. The first-order valence-electron chi connectivity index (χ1n) is 11.0. The van der Waals surface area contributed by atoms with Crippen LogP contribution < -0.4 is 5.32 Å². The van der Waals surface area contributed by atoms with Crippen LogP contribution in [0.3, 0.4) is 0 Å². The third-order valence-corrected chi connectivity index (χ3v) is 8.28. The van der Waals surface area contributed by atoms with Crippen molar-refractivity contribution in [2.24, 2.45) is 22.7 Å². The smallest absolute Gasteiger partial charge is 0.222 e. The molecule has 2 aliphatic carbocycles. The lowest BCUT2D eigenvalue weighted by molar-refractivity contribution is -0.137. The second-order valence-electron chi connectivity index (χ2n) is 9.88. The van der Waals surface area contributed by atoms with Crippen molar-refractivity contribution in [2.75, 3.05) is 13.2 Å². The van der Waals surface area contributed by atoms with E-state index in [-0.39, 0.29) is 41.9 Å². The monoisotopic (exact) mass is 393 g/mol. The van der Waals surface area contributed by atoms with Crippen LogP contribution in [0, 0.1) is 22.7 Å². The molecule has 3 fully saturated rings. The third kappa shape index (κ3) is 2.76. The number of nitrogens with one attached hydrogen (secondary N) is 1. The summed E-state index contributed by atoms with van der Waals surface area (Å²) in [5.74, 6) is 0.977. The van der Waals surface area contributed by atoms with Crippen LogP contribution in [0.15, 0.2) is 42.5 Å². The topological polar surface area (TPSA) is 58.6 Å². The van der Waals surface area contributed by atoms with Crippen molar-refractivity contribution in [3.8, 4) is 0 Å². The Kier molecular flexibility index (Phi) is 4.48. The molecule has 1 heterocycles. The molecule has 2 aromatic rings. The maximum Gasteiger partial charge on any atom is 0.222 e. The molecule has 4 heteroatoms. The molecule has 3 aliphatic rings. The highest BCUT2D eigenvalue weighted by Gasteiger charge is 2.68. The minimum absolute atomic E-state index is 0.0283. The van der Waals surface area contributed by atoms with Crippen LogP contribution >= 0.6 is 0 Å². The van der Waals surface area contributed by atoms with Crippen LogP contribution in [0.2, 0.25) is 0 Å². The standard InChI is InChI=1S/C25H31NO3/c1-24(2)17-14-20-22(19-9-5-7-16-6-3-4-8-18(16)19)29-13-11-25(20,15-17)23(24)26-21(28)10-12-27/h3-9,17,20,22-23,27H,10-15H2,1-2H3,(H,26,28)/t17-,20-,22-,23+,25-/m1/s1. The van der Waals surface area contributed by atoms with Crippen molar-refractivity contribution >= 4 is 16.7 Å². The Hall–Kier alpha value is -1.91. The number of rotatable bonds is 4. The first-order chi connectivity index (χ1) is 14.0. The van der Waals surface area contributed by atoms with Gasteiger partial charge in [-0.15, -0.1) is 0 Å². The Morgan fingerprint density at radius 1 is 1.21 bits per heavy atom. The van der Waals surface area contributed by atoms with Crippen LogP contribution in [0.4, 0.5) is 0 Å². The number of carbonyl (C=O) groups is 1. The van der Waals surface area contributed by atoms with Gasteiger partial charge in [0.15, 0.2) is 0 Å². The summed E-state index contributed by atoms with van der Waals surface area (Å²) < 4.78 is 6.45. The molecule has 2 aromatic carbocycles. The first kappa shape index (κ1) is 19.1. The lowest BCUT2D eigenvalue weighted by atomic mass is 9.58. The van der Waals surface area contributed by atoms with Crippen molar-refractivity contribution in [1.82, 2.24) is 5.32 Å². The summed E-state index contributed by atoms with van der Waals surface area (Å²) in [6.07, 6.45) is 3.59. The SMILES string of the molecule is CC1(C)[C@@H]2C[C@@H]3[C@@H](c4cccc5ccccc45)OCC[C@]3(C2)[C@H]1NC(=O)CCO. The summed E-state index contributed by atoms with van der Waals surface area (Å²) in [7, 11) is 0. The zero-order valence-corrected chi connectivity index (χ0v) is 17.4. The molecule has 154 valence electrons. The molecule has 0 aromatic heterocycles. The number of amides is 1. The summed E-state index contributed by atoms with van der Waals surface area (Å²) in [6, 6.07) is 15.2. The van der Waals surface area contributed by atoms with Crippen LogP contribution in [-0.4, -0.2) is 30.3 Å². The molecule has 2 saturated carbocycles. The van der Waals surface area contributed by atoms with Gasteiger partial charge < -0.3 is 15.2 Å². The average molecular weight is 394 g/mol. The zero-order valence-electron chi connectivity index (χ0n) is 17.4. The van der Waals surface area contributed by atoms with E-state index in [0.29, 0.717) is 11.8 Å². The number of ether oxygens (including phenoxy) is 1. The van der Waals surface area contributed by atoms with Gasteiger partial charge in [0.1, 0.15) is 0 Å². The zero-order chi connectivity index (χ0) is 20.2. The minimum Gasteiger partial charge on any atom is -0.396 e. The lowest BCUT2D eigenvalue weighted by Gasteiger charge is -2.53. The molecule has 2 bridgehead atoms. The predicted octanol–water partition coefficient (Wildman–Crippen LogP) is 4.22. The molecule has 29 heavy (non-hydrogen) atoms. The number of aliphatic hydroxyl groups excluding tert-OH is 1. The van der Waals surface area contributed by atoms with Gasteiger partial charge in [0, 0.05) is 19.1 Å². The van der Waals surface area contributed by atoms with E-state index in [1.807, 2.05) is 0 Å². The number of hydrogen-bond donors (Lipinski definition) is 2. The molecular formula is C25H31NO3. The van der Waals surface area contributed by atoms with Crippen molar-refractivity contribution in [3.63, 3.8) is 0 Å². The molecule has 1 spiro atoms. The van der Waals surface area contributed by atoms with E-state index in [0.717, 1.165) is 19.4 Å². The summed E-state index contributed by atoms with van der Waals surface area (Å²) in [5, 5.41) is 15.1. The maximum absolute atomic E-state index is 12.5. The molecule has 1 saturated heterocycles. The van der Waals surface area contributed by atoms with Crippen molar-refractivity contribution in [1.29, 1.82) is 0 Å². The fourth-order valence-corrected chi connectivity index (χ4v) is 6.93. The van der Waals surface area contributed by atoms with Gasteiger partial charge >= 0.3 is 0 Å². The van der Waals surface area contributed by atoms with Crippen molar-refractivity contribution in [3.05, 3.63) is 48.0 Å². The fourth-order valence-electron chi connectivity index (χ4n) is 6.93. The molecule has 0 unspecified atom stereocenters. The second kappa shape index (κ2) is 6.82. The van der Waals surface area contributed by atoms with Crippen LogP contribution in [0.1, 0.15) is 51.2 Å². The van der Waals surface area contributed by atoms with Gasteiger partial charge in [-0.25, -0.2) is 0 Å². The quantitative estimate of drug-likeness (QED) is 0.818. The van der Waals surface area contributed by atoms with E-state index in [9.17, 15) is 9.90 Å². The maximum atomic E-state index is 12.5. The largest absolute Gasteiger partial charge is 0.396 e. The summed E-state index contributed by atoms with van der Waals surface area (Å²) >= 11 is 0. The number of carbonyl (C=O) groups excluding carboxylic acids is 1. The third-order valence-electron chi connectivity index (χ3n) is 8.28. The van der Waals surface area contributed by atoms with E-state index in [4.69, 9.17) is 4.74 Å². The number of benzene rings is 2. The molecule has 1 amide bonds. The van der Waals surface area contributed by atoms with Gasteiger partial charge in [-0.3, -0.25) is 4.79 Å². The Labute approximate surface area is 172 Å². The Bertz CT molecular complexity index is 933. The van der Waals surface area contributed by atoms with E-state index < -0.39 is 0 Å². The van der Waals surface area contributed by atoms with Gasteiger partial charge in [0.25, 0.3) is 0 Å². The van der Waals surface area contributed by atoms with Gasteiger partial charge in [-0.2, -0.15) is 0 Å². The van der Waals surface area contributed by atoms with Gasteiger partial charge in [0.2, 0.25) is 5.91 Å². The normalized spacial score (nSPS) is 34.9. The van der Waals surface area contributed by atoms with E-state index in [1.54, 1.807) is 0 Å². The van der Waals surface area contributed by atoms with Gasteiger partial charge in [0.05, 0.1) is 12.7 Å². The molecule has 0 radical (unpaired) electrons. The number of aliphatic hydroxyl groups is 1. The van der Waals surface area contributed by atoms with Crippen LogP contribution in [0.25, 0.3) is 10.8 Å². The Balaban J connectivity index is 1.54.